The zero-order valence-electron chi connectivity index (χ0n) is 15.3. The molecule has 136 valence electrons. The number of aliphatic hydroxyl groups is 2. The molecule has 4 nitrogen and oxygen atoms in total. The van der Waals surface area contributed by atoms with Crippen LogP contribution in [0.4, 0.5) is 0 Å². The molecule has 0 aromatic carbocycles. The van der Waals surface area contributed by atoms with Gasteiger partial charge in [-0.25, -0.2) is 0 Å². The molecule has 22 heavy (non-hydrogen) atoms. The van der Waals surface area contributed by atoms with Crippen molar-refractivity contribution >= 4 is 19.2 Å². The van der Waals surface area contributed by atoms with Crippen LogP contribution >= 0.6 is 0 Å². The smallest absolute Gasteiger partial charge is 0 e. The number of aliphatic hydroxyl groups excluding tert-OH is 2. The Morgan fingerprint density at radius 1 is 0.591 bits per heavy atom. The van der Waals surface area contributed by atoms with Gasteiger partial charge in [0.2, 0.25) is 0 Å². The second kappa shape index (κ2) is 27.2. The summed E-state index contributed by atoms with van der Waals surface area (Å²) in [5.41, 5.74) is 0. The molecule has 0 unspecified atom stereocenters. The van der Waals surface area contributed by atoms with Gasteiger partial charge in [-0.1, -0.05) is 26.7 Å². The van der Waals surface area contributed by atoms with Crippen molar-refractivity contribution in [3.05, 3.63) is 0 Å². The third kappa shape index (κ3) is 37.5. The van der Waals surface area contributed by atoms with Gasteiger partial charge in [-0.05, 0) is 12.8 Å². The summed E-state index contributed by atoms with van der Waals surface area (Å²) < 4.78 is 20.5. The summed E-state index contributed by atoms with van der Waals surface area (Å²) in [5, 5.41) is 16.1. The maximum Gasteiger partial charge on any atom is 0 e. The Kier molecular flexibility index (Phi) is 38.5. The normalized spacial score (nSPS) is 9.82. The van der Waals surface area contributed by atoms with Gasteiger partial charge in [-0.3, -0.25) is 0 Å². The van der Waals surface area contributed by atoms with Gasteiger partial charge in [0.05, 0.1) is 0 Å². The fourth-order valence-electron chi connectivity index (χ4n) is 1.36. The van der Waals surface area contributed by atoms with Crippen molar-refractivity contribution in [1.82, 2.24) is 0 Å². The van der Waals surface area contributed by atoms with Crippen LogP contribution in [0.5, 0.6) is 0 Å². The standard InChI is InChI=1S/2C4H10O.2C4H9.2H2O.Sn.Ti/c2*1-2-3-4-5;2*1-3-4-2;;;;/h2*5H,2-4H2,1H3;2*1,3-4H2,2H3;2*1H2;;/q;;;;;;+2;/p-2. The minimum absolute atomic E-state index is 0. The second-order valence-electron chi connectivity index (χ2n) is 5.34. The van der Waals surface area contributed by atoms with E-state index < -0.39 is 19.2 Å². The average molecular weight is 463 g/mol. The van der Waals surface area contributed by atoms with Crippen molar-refractivity contribution < 1.29 is 38.8 Å². The maximum absolute atomic E-state index is 9.54. The van der Waals surface area contributed by atoms with Gasteiger partial charge in [0, 0.05) is 34.9 Å². The van der Waals surface area contributed by atoms with Gasteiger partial charge in [0.25, 0.3) is 0 Å². The van der Waals surface area contributed by atoms with Crippen molar-refractivity contribution in [2.24, 2.45) is 0 Å². The molecule has 0 aliphatic heterocycles. The quantitative estimate of drug-likeness (QED) is 0.374. The summed E-state index contributed by atoms with van der Waals surface area (Å²) in [4.78, 5) is 0. The van der Waals surface area contributed by atoms with Crippen molar-refractivity contribution in [2.45, 2.75) is 87.9 Å². The Hall–Kier alpha value is 1.35. The van der Waals surface area contributed by atoms with Crippen LogP contribution in [0.3, 0.4) is 0 Å². The zero-order chi connectivity index (χ0) is 17.0. The van der Waals surface area contributed by atoms with Gasteiger partial charge in [0.15, 0.2) is 0 Å². The van der Waals surface area contributed by atoms with Crippen molar-refractivity contribution in [3.63, 3.8) is 0 Å². The molecule has 0 radical (unpaired) electrons. The second-order valence-corrected chi connectivity index (χ2v) is 13.8. The van der Waals surface area contributed by atoms with E-state index in [0.29, 0.717) is 13.2 Å². The van der Waals surface area contributed by atoms with Crippen LogP contribution in [-0.2, 0) is 21.7 Å². The third-order valence-corrected chi connectivity index (χ3v) is 9.47. The zero-order valence-corrected chi connectivity index (χ0v) is 19.7. The molecule has 0 rings (SSSR count). The molecule has 0 amide bonds. The number of rotatable bonds is 10. The fourth-order valence-corrected chi connectivity index (χ4v) is 7.32. The number of unbranched alkanes of at least 4 members (excludes halogenated alkanes) is 4. The Balaban J connectivity index is -0.000000124. The molecule has 6 heteroatoms. The molecule has 0 aromatic rings. The summed E-state index contributed by atoms with van der Waals surface area (Å²) in [6.07, 6.45) is 8.21. The Morgan fingerprint density at radius 2 is 0.864 bits per heavy atom. The molecule has 0 bridgehead atoms. The summed E-state index contributed by atoms with van der Waals surface area (Å²) >= 11 is -3.44. The molecule has 4 N–H and O–H groups in total. The van der Waals surface area contributed by atoms with E-state index in [4.69, 9.17) is 10.2 Å². The summed E-state index contributed by atoms with van der Waals surface area (Å²) in [7, 11) is 0. The molecule has 0 aromatic heterocycles. The van der Waals surface area contributed by atoms with E-state index in [-0.39, 0.29) is 21.7 Å². The Morgan fingerprint density at radius 3 is 1.00 bits per heavy atom. The summed E-state index contributed by atoms with van der Waals surface area (Å²) in [6, 6.07) is 0. The monoisotopic (exact) mass is 464 g/mol. The van der Waals surface area contributed by atoms with Gasteiger partial charge in [-0.15, -0.1) is 0 Å². The van der Waals surface area contributed by atoms with Crippen LogP contribution in [0.25, 0.3) is 0 Å². The number of hydrogen-bond acceptors (Lipinski definition) is 4. The van der Waals surface area contributed by atoms with E-state index in [2.05, 4.69) is 27.7 Å². The molecule has 0 saturated heterocycles. The molecule has 0 fully saturated rings. The topological polar surface area (TPSA) is 80.9 Å². The third-order valence-electron chi connectivity index (χ3n) is 2.88. The maximum atomic E-state index is 9.54. The van der Waals surface area contributed by atoms with Crippen LogP contribution in [0, 0.1) is 0 Å². The SMILES string of the molecule is CCCCO.CCCCO.CCC[CH2][Sn]([OH])([OH])[CH2]CCC.[Ti]. The molecule has 0 aliphatic carbocycles. The van der Waals surface area contributed by atoms with Crippen LogP contribution in [0.1, 0.15) is 79.1 Å². The largest absolute Gasteiger partial charge is 0 e. The van der Waals surface area contributed by atoms with Crippen molar-refractivity contribution in [3.8, 4) is 0 Å². The van der Waals surface area contributed by atoms with Gasteiger partial charge in [0.1, 0.15) is 0 Å². The van der Waals surface area contributed by atoms with E-state index in [1.807, 2.05) is 0 Å². The van der Waals surface area contributed by atoms with E-state index in [1.54, 1.807) is 0 Å². The summed E-state index contributed by atoms with van der Waals surface area (Å²) in [5.74, 6) is 0. The van der Waals surface area contributed by atoms with Crippen LogP contribution < -0.4 is 0 Å². The van der Waals surface area contributed by atoms with Crippen LogP contribution in [0.2, 0.25) is 8.87 Å². The predicted molar refractivity (Wildman–Crippen MR) is 93.6 cm³/mol. The molecular formula is C16H40O4SnTi. The van der Waals surface area contributed by atoms with Crippen molar-refractivity contribution in [2.75, 3.05) is 13.2 Å². The molecule has 0 spiro atoms. The van der Waals surface area contributed by atoms with Gasteiger partial charge >= 0.3 is 74.5 Å². The van der Waals surface area contributed by atoms with Gasteiger partial charge in [-0.2, -0.15) is 0 Å². The van der Waals surface area contributed by atoms with E-state index in [1.165, 1.54) is 0 Å². The molecule has 0 atom stereocenters. The Bertz CT molecular complexity index is 152. The first-order valence-corrected chi connectivity index (χ1v) is 15.2. The van der Waals surface area contributed by atoms with E-state index in [0.717, 1.165) is 60.2 Å². The molecule has 0 heterocycles. The van der Waals surface area contributed by atoms with E-state index in [9.17, 15) is 6.89 Å². The fraction of sp³-hybridized carbons (Fsp3) is 1.00. The first kappa shape index (κ1) is 31.2. The molecular weight excluding hydrogens is 423 g/mol. The first-order valence-electron chi connectivity index (χ1n) is 8.62. The van der Waals surface area contributed by atoms with Gasteiger partial charge < -0.3 is 10.2 Å². The average Bonchev–Trinajstić information content (AvgIpc) is 2.46. The van der Waals surface area contributed by atoms with Crippen LogP contribution in [-0.4, -0.2) is 49.5 Å². The molecule has 0 saturated carbocycles. The Labute approximate surface area is 158 Å². The van der Waals surface area contributed by atoms with Crippen LogP contribution in [0.15, 0.2) is 0 Å². The predicted octanol–water partition coefficient (Wildman–Crippen LogP) is 3.57. The van der Waals surface area contributed by atoms with E-state index >= 15 is 0 Å². The summed E-state index contributed by atoms with van der Waals surface area (Å²) in [6.45, 7) is 8.96. The number of hydrogen-bond donors (Lipinski definition) is 4. The van der Waals surface area contributed by atoms with Crippen molar-refractivity contribution in [1.29, 1.82) is 0 Å². The minimum atomic E-state index is -3.44. The minimum Gasteiger partial charge on any atom is 0 e. The molecule has 0 aliphatic rings. The first-order chi connectivity index (χ1) is 9.95.